The van der Waals surface area contributed by atoms with Crippen LogP contribution >= 0.6 is 0 Å². The molecule has 11 rings (SSSR count). The average molecular weight is 756 g/mol. The zero-order valence-corrected chi connectivity index (χ0v) is 32.8. The zero-order chi connectivity index (χ0) is 39.7. The number of benzene rings is 10. The number of nitrogens with zero attached hydrogens (tertiary/aromatic N) is 1. The van der Waals surface area contributed by atoms with Crippen molar-refractivity contribution in [3.05, 3.63) is 225 Å². The zero-order valence-electron chi connectivity index (χ0n) is 32.8. The van der Waals surface area contributed by atoms with E-state index in [4.69, 9.17) is 4.42 Å². The largest absolute Gasteiger partial charge is 0.456 e. The maximum Gasteiger partial charge on any atom is 0.135 e. The van der Waals surface area contributed by atoms with Gasteiger partial charge in [-0.1, -0.05) is 164 Å². The number of anilines is 3. The van der Waals surface area contributed by atoms with Gasteiger partial charge < -0.3 is 9.32 Å². The van der Waals surface area contributed by atoms with E-state index in [1.165, 1.54) is 54.2 Å². The number of hydrogen-bond acceptors (Lipinski definition) is 2. The molecule has 0 saturated heterocycles. The van der Waals surface area contributed by atoms with Gasteiger partial charge in [0.1, 0.15) is 11.2 Å². The lowest BCUT2D eigenvalue weighted by molar-refractivity contribution is 0.669. The standard InChI is InChI=1S/C52H33NO.C5H8/c1-3-9-45-36(7-1)13-15-40-31-38(21-28-47(40)45)34-17-23-42(24-18-34)53(44-27-29-48-41(32-44)16-14-37-8-2-4-10-46(37)48)43-25-19-35(20-26-43)39-22-30-52-50(33-39)49-11-5-6-12-51(49)54-52;1-3-5-4-2/h1-33H;3-5H,1H2,2H3/b;5-4-. The first kappa shape index (κ1) is 35.7. The van der Waals surface area contributed by atoms with E-state index in [0.29, 0.717) is 0 Å². The molecular weight excluding hydrogens is 715 g/mol. The molecule has 1 heterocycles. The van der Waals surface area contributed by atoms with Gasteiger partial charge in [0.15, 0.2) is 0 Å². The van der Waals surface area contributed by atoms with Crippen LogP contribution in [0, 0.1) is 0 Å². The van der Waals surface area contributed by atoms with Crippen molar-refractivity contribution in [1.82, 2.24) is 0 Å². The Labute approximate surface area is 344 Å². The van der Waals surface area contributed by atoms with Crippen LogP contribution in [0.5, 0.6) is 0 Å². The lowest BCUT2D eigenvalue weighted by atomic mass is 9.97. The molecule has 0 aliphatic heterocycles. The molecule has 0 atom stereocenters. The van der Waals surface area contributed by atoms with E-state index >= 15 is 0 Å². The summed E-state index contributed by atoms with van der Waals surface area (Å²) in [6.45, 7) is 5.42. The molecular formula is C57H41NO. The summed E-state index contributed by atoms with van der Waals surface area (Å²) in [5.74, 6) is 0. The molecule has 11 aromatic rings. The first-order chi connectivity index (χ1) is 29.1. The van der Waals surface area contributed by atoms with Gasteiger partial charge in [-0.05, 0) is 133 Å². The van der Waals surface area contributed by atoms with Gasteiger partial charge in [0.05, 0.1) is 0 Å². The van der Waals surface area contributed by atoms with E-state index in [0.717, 1.165) is 50.1 Å². The highest BCUT2D eigenvalue weighted by molar-refractivity contribution is 6.10. The first-order valence-electron chi connectivity index (χ1n) is 20.1. The van der Waals surface area contributed by atoms with E-state index in [1.807, 2.05) is 31.2 Å². The Morgan fingerprint density at radius 2 is 0.831 bits per heavy atom. The minimum Gasteiger partial charge on any atom is -0.456 e. The minimum absolute atomic E-state index is 0.910. The third-order valence-corrected chi connectivity index (χ3v) is 11.4. The Kier molecular flexibility index (Phi) is 9.29. The van der Waals surface area contributed by atoms with Gasteiger partial charge in [-0.25, -0.2) is 0 Å². The molecule has 2 nitrogen and oxygen atoms in total. The Morgan fingerprint density at radius 3 is 1.44 bits per heavy atom. The van der Waals surface area contributed by atoms with Gasteiger partial charge in [0.2, 0.25) is 0 Å². The molecule has 0 spiro atoms. The molecule has 0 amide bonds. The first-order valence-corrected chi connectivity index (χ1v) is 20.1. The van der Waals surface area contributed by atoms with Gasteiger partial charge in [0.25, 0.3) is 0 Å². The number of para-hydroxylation sites is 1. The Balaban J connectivity index is 0.000000796. The van der Waals surface area contributed by atoms with Gasteiger partial charge in [-0.2, -0.15) is 0 Å². The minimum atomic E-state index is 0.910. The highest BCUT2D eigenvalue weighted by Gasteiger charge is 2.16. The molecule has 0 unspecified atom stereocenters. The predicted molar refractivity (Wildman–Crippen MR) is 254 cm³/mol. The highest BCUT2D eigenvalue weighted by Crippen LogP contribution is 2.40. The molecule has 0 fully saturated rings. The topological polar surface area (TPSA) is 16.4 Å². The second kappa shape index (κ2) is 15.3. The van der Waals surface area contributed by atoms with Crippen LogP contribution in [0.3, 0.4) is 0 Å². The maximum absolute atomic E-state index is 6.11. The second-order valence-corrected chi connectivity index (χ2v) is 14.9. The van der Waals surface area contributed by atoms with E-state index < -0.39 is 0 Å². The molecule has 0 aliphatic rings. The molecule has 280 valence electrons. The quantitative estimate of drug-likeness (QED) is 0.124. The fraction of sp³-hybridized carbons (Fsp3) is 0.0175. The molecule has 0 saturated carbocycles. The lowest BCUT2D eigenvalue weighted by Crippen LogP contribution is -2.09. The Hall–Kier alpha value is -7.68. The van der Waals surface area contributed by atoms with E-state index in [9.17, 15) is 0 Å². The fourth-order valence-corrected chi connectivity index (χ4v) is 8.43. The molecule has 0 aliphatic carbocycles. The summed E-state index contributed by atoms with van der Waals surface area (Å²) >= 11 is 0. The van der Waals surface area contributed by atoms with Crippen LogP contribution in [-0.2, 0) is 0 Å². The van der Waals surface area contributed by atoms with E-state index in [2.05, 4.69) is 200 Å². The van der Waals surface area contributed by atoms with Gasteiger partial charge >= 0.3 is 0 Å². The molecule has 1 aromatic heterocycles. The molecule has 0 N–H and O–H groups in total. The van der Waals surface area contributed by atoms with Crippen LogP contribution in [0.4, 0.5) is 17.1 Å². The average Bonchev–Trinajstić information content (AvgIpc) is 3.68. The smallest absolute Gasteiger partial charge is 0.135 e. The summed E-state index contributed by atoms with van der Waals surface area (Å²) in [4.78, 5) is 2.36. The normalized spacial score (nSPS) is 11.5. The molecule has 0 radical (unpaired) electrons. The number of allylic oxidation sites excluding steroid dienone is 3. The number of fused-ring (bicyclic) bond motifs is 9. The summed E-state index contributed by atoms with van der Waals surface area (Å²) in [7, 11) is 0. The monoisotopic (exact) mass is 755 g/mol. The molecule has 0 bridgehead atoms. The second-order valence-electron chi connectivity index (χ2n) is 14.9. The van der Waals surface area contributed by atoms with Gasteiger partial charge in [0, 0.05) is 27.8 Å². The number of rotatable bonds is 6. The SMILES string of the molecule is C=C/C=C\C.c1ccc2c(c1)ccc1cc(-c3ccc(N(c4ccc(-c5ccc6oc7ccccc7c6c5)cc4)c4ccc5c(ccc6ccccc65)c4)cc3)ccc12. The van der Waals surface area contributed by atoms with Crippen LogP contribution in [0.2, 0.25) is 0 Å². The van der Waals surface area contributed by atoms with Crippen molar-refractivity contribution in [3.8, 4) is 22.3 Å². The summed E-state index contributed by atoms with van der Waals surface area (Å²) in [6.07, 6.45) is 5.58. The lowest BCUT2D eigenvalue weighted by Gasteiger charge is -2.26. The van der Waals surface area contributed by atoms with Crippen molar-refractivity contribution < 1.29 is 4.42 Å². The summed E-state index contributed by atoms with van der Waals surface area (Å²) in [5, 5.41) is 12.4. The Morgan fingerprint density at radius 1 is 0.373 bits per heavy atom. The summed E-state index contributed by atoms with van der Waals surface area (Å²) in [6, 6.07) is 72.5. The predicted octanol–water partition coefficient (Wildman–Crippen LogP) is 16.8. The van der Waals surface area contributed by atoms with Crippen LogP contribution in [0.25, 0.3) is 87.3 Å². The number of hydrogen-bond donors (Lipinski definition) is 0. The van der Waals surface area contributed by atoms with Crippen LogP contribution < -0.4 is 4.90 Å². The van der Waals surface area contributed by atoms with Crippen molar-refractivity contribution in [2.45, 2.75) is 6.92 Å². The van der Waals surface area contributed by atoms with Gasteiger partial charge in [-0.15, -0.1) is 0 Å². The third-order valence-electron chi connectivity index (χ3n) is 11.4. The highest BCUT2D eigenvalue weighted by atomic mass is 16.3. The van der Waals surface area contributed by atoms with E-state index in [1.54, 1.807) is 6.08 Å². The molecule has 10 aromatic carbocycles. The summed E-state index contributed by atoms with van der Waals surface area (Å²) < 4.78 is 6.11. The van der Waals surface area contributed by atoms with E-state index in [-0.39, 0.29) is 0 Å². The number of furan rings is 1. The third kappa shape index (κ3) is 6.71. The van der Waals surface area contributed by atoms with Crippen molar-refractivity contribution >= 4 is 82.1 Å². The van der Waals surface area contributed by atoms with Crippen LogP contribution in [0.1, 0.15) is 6.92 Å². The fourth-order valence-electron chi connectivity index (χ4n) is 8.43. The molecule has 2 heteroatoms. The van der Waals surface area contributed by atoms with Crippen molar-refractivity contribution in [1.29, 1.82) is 0 Å². The Bertz CT molecular complexity index is 3350. The van der Waals surface area contributed by atoms with Crippen molar-refractivity contribution in [2.24, 2.45) is 0 Å². The van der Waals surface area contributed by atoms with Crippen LogP contribution in [-0.4, -0.2) is 0 Å². The maximum atomic E-state index is 6.11. The molecule has 59 heavy (non-hydrogen) atoms. The summed E-state index contributed by atoms with van der Waals surface area (Å²) in [5.41, 5.74) is 9.86. The van der Waals surface area contributed by atoms with Crippen LogP contribution in [0.15, 0.2) is 229 Å². The van der Waals surface area contributed by atoms with Crippen molar-refractivity contribution in [2.75, 3.05) is 4.90 Å². The van der Waals surface area contributed by atoms with Crippen molar-refractivity contribution in [3.63, 3.8) is 0 Å². The van der Waals surface area contributed by atoms with Gasteiger partial charge in [-0.3, -0.25) is 0 Å².